The molecule has 0 aromatic heterocycles. The summed E-state index contributed by atoms with van der Waals surface area (Å²) >= 11 is 0. The van der Waals surface area contributed by atoms with Gasteiger partial charge in [0.2, 0.25) is 0 Å². The molecule has 0 saturated heterocycles. The van der Waals surface area contributed by atoms with Crippen LogP contribution < -0.4 is 0 Å². The summed E-state index contributed by atoms with van der Waals surface area (Å²) in [5, 5.41) is 0. The zero-order valence-electron chi connectivity index (χ0n) is 4.89. The van der Waals surface area contributed by atoms with E-state index in [0.29, 0.717) is 0 Å². The molecule has 8 heavy (non-hydrogen) atoms. The molecule has 43 valence electrons. The van der Waals surface area contributed by atoms with Gasteiger partial charge >= 0.3 is 6.47 Å². The zero-order chi connectivity index (χ0) is 6.41. The summed E-state index contributed by atoms with van der Waals surface area (Å²) in [6, 6.07) is 0. The van der Waals surface area contributed by atoms with Crippen molar-refractivity contribution in [3.05, 3.63) is 0 Å². The number of rotatable bonds is 2. The number of hydrogen-bond donors (Lipinski definition) is 0. The molecule has 2 nitrogen and oxygen atoms in total. The van der Waals surface area contributed by atoms with Gasteiger partial charge in [0.05, 0.1) is 0 Å². The highest BCUT2D eigenvalue weighted by molar-refractivity contribution is 5.39. The third kappa shape index (κ3) is 3.23. The van der Waals surface area contributed by atoms with Crippen molar-refractivity contribution < 1.29 is 9.53 Å². The minimum atomic E-state index is -0.322. The van der Waals surface area contributed by atoms with Crippen LogP contribution in [-0.2, 0) is 9.53 Å². The molecule has 0 bridgehead atoms. The van der Waals surface area contributed by atoms with E-state index in [2.05, 4.69) is 16.6 Å². The third-order valence-electron chi connectivity index (χ3n) is 0.572. The average Bonchev–Trinajstić information content (AvgIpc) is 1.68. The molecule has 0 aliphatic heterocycles. The molecule has 0 aromatic carbocycles. The molecule has 0 rings (SSSR count). The van der Waals surface area contributed by atoms with Gasteiger partial charge in [-0.25, -0.2) is 4.79 Å². The van der Waals surface area contributed by atoms with E-state index in [-0.39, 0.29) is 6.10 Å². The Morgan fingerprint density at radius 3 is 2.62 bits per heavy atom. The summed E-state index contributed by atoms with van der Waals surface area (Å²) in [4.78, 5) is 9.48. The molecular formula is C6H7O2. The molecule has 0 fully saturated rings. The van der Waals surface area contributed by atoms with Crippen LogP contribution in [-0.4, -0.2) is 12.6 Å². The Labute approximate surface area is 48.8 Å². The SMILES string of the molecule is CC#CC(C)O[C]=O. The van der Waals surface area contributed by atoms with Gasteiger partial charge in [-0.2, -0.15) is 0 Å². The first-order valence-electron chi connectivity index (χ1n) is 2.26. The number of carbonyl (C=O) groups excluding carboxylic acids is 1. The molecule has 0 heterocycles. The molecule has 0 saturated carbocycles. The quantitative estimate of drug-likeness (QED) is 0.484. The highest BCUT2D eigenvalue weighted by Crippen LogP contribution is 1.81. The Bertz CT molecular complexity index is 118. The van der Waals surface area contributed by atoms with E-state index in [1.807, 2.05) is 0 Å². The van der Waals surface area contributed by atoms with Gasteiger partial charge in [0.25, 0.3) is 0 Å². The van der Waals surface area contributed by atoms with Gasteiger partial charge in [0, 0.05) is 0 Å². The largest absolute Gasteiger partial charge is 0.441 e. The molecule has 0 spiro atoms. The van der Waals surface area contributed by atoms with Gasteiger partial charge in [-0.15, -0.1) is 5.92 Å². The lowest BCUT2D eigenvalue weighted by Crippen LogP contribution is -2.01. The average molecular weight is 111 g/mol. The van der Waals surface area contributed by atoms with Crippen LogP contribution in [0.3, 0.4) is 0 Å². The lowest BCUT2D eigenvalue weighted by Gasteiger charge is -1.95. The number of ether oxygens (including phenoxy) is 1. The monoisotopic (exact) mass is 111 g/mol. The van der Waals surface area contributed by atoms with Crippen LogP contribution in [0, 0.1) is 11.8 Å². The second-order valence-corrected chi connectivity index (χ2v) is 1.24. The van der Waals surface area contributed by atoms with Crippen LogP contribution in [0.1, 0.15) is 13.8 Å². The fraction of sp³-hybridized carbons (Fsp3) is 0.500. The Kier molecular flexibility index (Phi) is 3.69. The van der Waals surface area contributed by atoms with Crippen LogP contribution in [0.4, 0.5) is 0 Å². The molecule has 2 heteroatoms. The van der Waals surface area contributed by atoms with Crippen molar-refractivity contribution in [1.82, 2.24) is 0 Å². The van der Waals surface area contributed by atoms with Crippen LogP contribution in [0.5, 0.6) is 0 Å². The Morgan fingerprint density at radius 2 is 2.25 bits per heavy atom. The summed E-state index contributed by atoms with van der Waals surface area (Å²) in [7, 11) is 0. The minimum Gasteiger partial charge on any atom is -0.441 e. The lowest BCUT2D eigenvalue weighted by atomic mass is 10.4. The van der Waals surface area contributed by atoms with Crippen LogP contribution in [0.2, 0.25) is 0 Å². The van der Waals surface area contributed by atoms with Crippen molar-refractivity contribution in [1.29, 1.82) is 0 Å². The van der Waals surface area contributed by atoms with E-state index in [0.717, 1.165) is 0 Å². The first-order chi connectivity index (χ1) is 3.81. The molecule has 1 unspecified atom stereocenters. The van der Waals surface area contributed by atoms with Crippen LogP contribution in [0.25, 0.3) is 0 Å². The van der Waals surface area contributed by atoms with Gasteiger partial charge < -0.3 is 4.74 Å². The van der Waals surface area contributed by atoms with E-state index in [9.17, 15) is 4.79 Å². The topological polar surface area (TPSA) is 26.3 Å². The van der Waals surface area contributed by atoms with Crippen molar-refractivity contribution in [3.8, 4) is 11.8 Å². The van der Waals surface area contributed by atoms with Crippen molar-refractivity contribution in [3.63, 3.8) is 0 Å². The third-order valence-corrected chi connectivity index (χ3v) is 0.572. The summed E-state index contributed by atoms with van der Waals surface area (Å²) in [6.07, 6.45) is -0.322. The van der Waals surface area contributed by atoms with Gasteiger partial charge in [-0.3, -0.25) is 0 Å². The first-order valence-corrected chi connectivity index (χ1v) is 2.26. The molecule has 0 amide bonds. The minimum absolute atomic E-state index is 0.322. The first kappa shape index (κ1) is 7.03. The second kappa shape index (κ2) is 4.20. The normalized spacial score (nSPS) is 10.8. The molecule has 1 atom stereocenters. The van der Waals surface area contributed by atoms with Crippen LogP contribution >= 0.6 is 0 Å². The smallest absolute Gasteiger partial charge is 0.418 e. The summed E-state index contributed by atoms with van der Waals surface area (Å²) < 4.78 is 4.30. The highest BCUT2D eigenvalue weighted by atomic mass is 16.5. The van der Waals surface area contributed by atoms with Crippen LogP contribution in [0.15, 0.2) is 0 Å². The van der Waals surface area contributed by atoms with Gasteiger partial charge in [-0.05, 0) is 13.8 Å². The molecule has 0 N–H and O–H groups in total. The van der Waals surface area contributed by atoms with Gasteiger partial charge in [0.15, 0.2) is 6.10 Å². The van der Waals surface area contributed by atoms with Crippen molar-refractivity contribution >= 4 is 6.47 Å². The molecule has 0 aliphatic rings. The van der Waals surface area contributed by atoms with E-state index in [1.54, 1.807) is 13.8 Å². The van der Waals surface area contributed by atoms with Crippen molar-refractivity contribution in [2.75, 3.05) is 0 Å². The van der Waals surface area contributed by atoms with Gasteiger partial charge in [-0.1, -0.05) is 5.92 Å². The molecule has 0 aliphatic carbocycles. The summed E-state index contributed by atoms with van der Waals surface area (Å²) in [5.74, 6) is 5.21. The predicted octanol–water partition coefficient (Wildman–Crippen LogP) is 0.482. The fourth-order valence-electron chi connectivity index (χ4n) is 0.305. The Morgan fingerprint density at radius 1 is 1.62 bits per heavy atom. The summed E-state index contributed by atoms with van der Waals surface area (Å²) in [5.41, 5.74) is 0. The van der Waals surface area contributed by atoms with E-state index in [1.165, 1.54) is 6.47 Å². The molecule has 0 aromatic rings. The van der Waals surface area contributed by atoms with Gasteiger partial charge in [0.1, 0.15) is 0 Å². The Hall–Kier alpha value is -0.970. The fourth-order valence-corrected chi connectivity index (χ4v) is 0.305. The number of hydrogen-bond acceptors (Lipinski definition) is 2. The second-order valence-electron chi connectivity index (χ2n) is 1.24. The molecular weight excluding hydrogens is 104 g/mol. The van der Waals surface area contributed by atoms with Crippen molar-refractivity contribution in [2.45, 2.75) is 20.0 Å². The molecule has 1 radical (unpaired) electrons. The zero-order valence-corrected chi connectivity index (χ0v) is 4.89. The Balaban J connectivity index is 3.41. The maximum Gasteiger partial charge on any atom is 0.418 e. The van der Waals surface area contributed by atoms with E-state index in [4.69, 9.17) is 0 Å². The highest BCUT2D eigenvalue weighted by Gasteiger charge is 1.91. The summed E-state index contributed by atoms with van der Waals surface area (Å²) in [6.45, 7) is 4.67. The standard InChI is InChI=1S/C6H7O2/c1-3-4-6(2)8-5-7/h6H,1-2H3. The predicted molar refractivity (Wildman–Crippen MR) is 29.7 cm³/mol. The lowest BCUT2D eigenvalue weighted by molar-refractivity contribution is 0.244. The van der Waals surface area contributed by atoms with E-state index >= 15 is 0 Å². The van der Waals surface area contributed by atoms with Crippen molar-refractivity contribution in [2.24, 2.45) is 0 Å². The maximum atomic E-state index is 9.48. The van der Waals surface area contributed by atoms with E-state index < -0.39 is 0 Å². The maximum absolute atomic E-state index is 9.48.